The van der Waals surface area contributed by atoms with E-state index in [9.17, 15) is 4.79 Å². The molecule has 170 valence electrons. The Kier molecular flexibility index (Phi) is 5.56. The quantitative estimate of drug-likeness (QED) is 0.660. The molecule has 3 heterocycles. The third-order valence-corrected chi connectivity index (χ3v) is 7.73. The minimum Gasteiger partial charge on any atom is -0.314 e. The minimum absolute atomic E-state index is 0.267. The molecule has 2 aliphatic carbocycles. The van der Waals surface area contributed by atoms with Crippen LogP contribution in [0.15, 0.2) is 48.9 Å². The number of piperazine rings is 1. The average Bonchev–Trinajstić information content (AvgIpc) is 3.49. The van der Waals surface area contributed by atoms with Crippen LogP contribution in [0.3, 0.4) is 0 Å². The number of fused-ring (bicyclic) bond motifs is 1. The first-order valence-corrected chi connectivity index (χ1v) is 12.4. The standard InChI is InChI=1S/C27H31N5O/c33-26-8-2-20-17-21(1-7-24(20)26)25-18-32(30-27(25)19-9-11-28-12-10-19)23-5-3-22(4-6-23)31-15-13-29-14-16-31/h1,7,9-12,17-18,22-23,29H,2-6,8,13-16H2. The molecule has 6 heteroatoms. The predicted molar refractivity (Wildman–Crippen MR) is 129 cm³/mol. The van der Waals surface area contributed by atoms with Crippen LogP contribution >= 0.6 is 0 Å². The number of hydrogen-bond donors (Lipinski definition) is 1. The van der Waals surface area contributed by atoms with E-state index in [0.29, 0.717) is 18.5 Å². The number of aromatic nitrogens is 3. The van der Waals surface area contributed by atoms with Gasteiger partial charge in [0.25, 0.3) is 0 Å². The van der Waals surface area contributed by atoms with Crippen LogP contribution in [0.25, 0.3) is 22.4 Å². The highest BCUT2D eigenvalue weighted by atomic mass is 16.1. The first-order valence-electron chi connectivity index (χ1n) is 12.4. The lowest BCUT2D eigenvalue weighted by Crippen LogP contribution is -2.49. The zero-order valence-electron chi connectivity index (χ0n) is 19.0. The van der Waals surface area contributed by atoms with Crippen molar-refractivity contribution in [1.82, 2.24) is 25.0 Å². The maximum Gasteiger partial charge on any atom is 0.163 e. The van der Waals surface area contributed by atoms with E-state index in [2.05, 4.69) is 38.2 Å². The summed E-state index contributed by atoms with van der Waals surface area (Å²) < 4.78 is 2.22. The van der Waals surface area contributed by atoms with Crippen molar-refractivity contribution in [3.8, 4) is 22.4 Å². The van der Waals surface area contributed by atoms with Crippen molar-refractivity contribution in [3.05, 3.63) is 60.0 Å². The number of pyridine rings is 1. The van der Waals surface area contributed by atoms with Gasteiger partial charge in [-0.3, -0.25) is 19.4 Å². The molecule has 3 aliphatic rings. The van der Waals surface area contributed by atoms with Crippen molar-refractivity contribution >= 4 is 5.78 Å². The van der Waals surface area contributed by atoms with Crippen LogP contribution in [-0.2, 0) is 6.42 Å². The molecule has 0 amide bonds. The van der Waals surface area contributed by atoms with Gasteiger partial charge in [-0.1, -0.05) is 18.2 Å². The third kappa shape index (κ3) is 4.02. The number of nitrogens with zero attached hydrogens (tertiary/aromatic N) is 4. The fourth-order valence-electron chi connectivity index (χ4n) is 5.87. The third-order valence-electron chi connectivity index (χ3n) is 7.73. The molecule has 6 nitrogen and oxygen atoms in total. The smallest absolute Gasteiger partial charge is 0.163 e. The number of Topliss-reactive ketones (excluding diaryl/α,β-unsaturated/α-hetero) is 1. The van der Waals surface area contributed by atoms with Gasteiger partial charge >= 0.3 is 0 Å². The van der Waals surface area contributed by atoms with Gasteiger partial charge in [-0.05, 0) is 55.4 Å². The van der Waals surface area contributed by atoms with Crippen LogP contribution in [0.4, 0.5) is 0 Å². The van der Waals surface area contributed by atoms with Crippen LogP contribution in [0, 0.1) is 0 Å². The Bertz CT molecular complexity index is 1140. The van der Waals surface area contributed by atoms with Crippen molar-refractivity contribution in [2.75, 3.05) is 26.2 Å². The van der Waals surface area contributed by atoms with E-state index < -0.39 is 0 Å². The molecule has 1 aromatic carbocycles. The van der Waals surface area contributed by atoms with Crippen LogP contribution in [-0.4, -0.2) is 57.7 Å². The molecule has 2 aromatic heterocycles. The van der Waals surface area contributed by atoms with Crippen LogP contribution in [0.1, 0.15) is 54.1 Å². The number of rotatable bonds is 4. The molecule has 1 aliphatic heterocycles. The second-order valence-electron chi connectivity index (χ2n) is 9.65. The monoisotopic (exact) mass is 441 g/mol. The average molecular weight is 442 g/mol. The second-order valence-corrected chi connectivity index (χ2v) is 9.65. The summed E-state index contributed by atoms with van der Waals surface area (Å²) in [5, 5.41) is 8.59. The summed E-state index contributed by atoms with van der Waals surface area (Å²) in [5.74, 6) is 0.267. The first kappa shape index (κ1) is 20.8. The number of carbonyl (C=O) groups is 1. The molecule has 0 bridgehead atoms. The molecule has 3 aromatic rings. The van der Waals surface area contributed by atoms with Crippen molar-refractivity contribution in [1.29, 1.82) is 0 Å². The molecule has 0 radical (unpaired) electrons. The number of nitrogens with one attached hydrogen (secondary N) is 1. The molecule has 2 fully saturated rings. The van der Waals surface area contributed by atoms with Crippen molar-refractivity contribution in [2.24, 2.45) is 0 Å². The van der Waals surface area contributed by atoms with Gasteiger partial charge in [-0.2, -0.15) is 5.10 Å². The van der Waals surface area contributed by atoms with Gasteiger partial charge in [0.05, 0.1) is 6.04 Å². The number of carbonyl (C=O) groups excluding carboxylic acids is 1. The van der Waals surface area contributed by atoms with Gasteiger partial charge < -0.3 is 5.32 Å². The zero-order chi connectivity index (χ0) is 22.2. The van der Waals surface area contributed by atoms with Gasteiger partial charge in [0.1, 0.15) is 5.69 Å². The summed E-state index contributed by atoms with van der Waals surface area (Å²) in [6.07, 6.45) is 12.2. The molecule has 1 saturated heterocycles. The Morgan fingerprint density at radius 3 is 2.39 bits per heavy atom. The van der Waals surface area contributed by atoms with Gasteiger partial charge in [0.2, 0.25) is 0 Å². The summed E-state index contributed by atoms with van der Waals surface area (Å²) in [6, 6.07) is 11.5. The Hall–Kier alpha value is -2.83. The molecule has 0 spiro atoms. The van der Waals surface area contributed by atoms with Gasteiger partial charge in [-0.25, -0.2) is 0 Å². The first-order chi connectivity index (χ1) is 16.3. The van der Waals surface area contributed by atoms with E-state index in [-0.39, 0.29) is 5.78 Å². The second kappa shape index (κ2) is 8.84. The normalized spacial score (nSPS) is 23.6. The van der Waals surface area contributed by atoms with Gasteiger partial charge in [0.15, 0.2) is 5.78 Å². The maximum absolute atomic E-state index is 12.1. The number of benzene rings is 1. The lowest BCUT2D eigenvalue weighted by molar-refractivity contribution is 0.0994. The molecule has 33 heavy (non-hydrogen) atoms. The van der Waals surface area contributed by atoms with Crippen molar-refractivity contribution in [3.63, 3.8) is 0 Å². The lowest BCUT2D eigenvalue weighted by atomic mass is 9.90. The largest absolute Gasteiger partial charge is 0.314 e. The summed E-state index contributed by atoms with van der Waals surface area (Å²) in [4.78, 5) is 19.0. The molecule has 1 N–H and O–H groups in total. The Balaban J connectivity index is 1.29. The SMILES string of the molecule is O=C1CCc2cc(-c3cn(C4CCC(N5CCNCC5)CC4)nc3-c3ccncc3)ccc21. The fourth-order valence-corrected chi connectivity index (χ4v) is 5.87. The zero-order valence-corrected chi connectivity index (χ0v) is 19.0. The predicted octanol–water partition coefficient (Wildman–Crippen LogP) is 4.13. The highest BCUT2D eigenvalue weighted by Crippen LogP contribution is 2.37. The highest BCUT2D eigenvalue weighted by molar-refractivity contribution is 6.01. The molecule has 1 saturated carbocycles. The van der Waals surface area contributed by atoms with E-state index in [4.69, 9.17) is 5.10 Å². The van der Waals surface area contributed by atoms with E-state index in [1.54, 1.807) is 0 Å². The van der Waals surface area contributed by atoms with Crippen LogP contribution < -0.4 is 5.32 Å². The Morgan fingerprint density at radius 2 is 1.61 bits per heavy atom. The summed E-state index contributed by atoms with van der Waals surface area (Å²) in [7, 11) is 0. The summed E-state index contributed by atoms with van der Waals surface area (Å²) in [5.41, 5.74) is 6.45. The minimum atomic E-state index is 0.267. The van der Waals surface area contributed by atoms with E-state index in [1.807, 2.05) is 30.6 Å². The molecule has 0 atom stereocenters. The topological polar surface area (TPSA) is 63.1 Å². The van der Waals surface area contributed by atoms with E-state index >= 15 is 0 Å². The summed E-state index contributed by atoms with van der Waals surface area (Å²) >= 11 is 0. The maximum atomic E-state index is 12.1. The van der Waals surface area contributed by atoms with E-state index in [1.165, 1.54) is 44.3 Å². The van der Waals surface area contributed by atoms with Crippen LogP contribution in [0.5, 0.6) is 0 Å². The number of ketones is 1. The Morgan fingerprint density at radius 1 is 0.848 bits per heavy atom. The molecular formula is C27H31N5O. The number of hydrogen-bond acceptors (Lipinski definition) is 5. The van der Waals surface area contributed by atoms with Gasteiger partial charge in [-0.15, -0.1) is 0 Å². The lowest BCUT2D eigenvalue weighted by Gasteiger charge is -2.39. The highest BCUT2D eigenvalue weighted by Gasteiger charge is 2.29. The van der Waals surface area contributed by atoms with Crippen LogP contribution in [0.2, 0.25) is 0 Å². The van der Waals surface area contributed by atoms with Crippen molar-refractivity contribution < 1.29 is 4.79 Å². The summed E-state index contributed by atoms with van der Waals surface area (Å²) in [6.45, 7) is 4.58. The van der Waals surface area contributed by atoms with Crippen molar-refractivity contribution in [2.45, 2.75) is 50.6 Å². The Labute approximate surface area is 195 Å². The molecule has 6 rings (SSSR count). The molecular weight excluding hydrogens is 410 g/mol. The van der Waals surface area contributed by atoms with E-state index in [0.717, 1.165) is 47.5 Å². The number of aryl methyl sites for hydroxylation is 1. The molecule has 0 unspecified atom stereocenters. The fraction of sp³-hybridized carbons (Fsp3) is 0.444. The van der Waals surface area contributed by atoms with Gasteiger partial charge in [0, 0.05) is 73.9 Å².